The molecule has 2 aromatic rings. The summed E-state index contributed by atoms with van der Waals surface area (Å²) >= 11 is 0. The van der Waals surface area contributed by atoms with Crippen LogP contribution in [0.25, 0.3) is 0 Å². The quantitative estimate of drug-likeness (QED) is 0.606. The minimum absolute atomic E-state index is 0.123. The number of rotatable bonds is 4. The van der Waals surface area contributed by atoms with Crippen LogP contribution in [0, 0.1) is 23.5 Å². The topological polar surface area (TPSA) is 122 Å². The molecule has 2 saturated heterocycles. The van der Waals surface area contributed by atoms with E-state index >= 15 is 0 Å². The number of imide groups is 1. The highest BCUT2D eigenvalue weighted by molar-refractivity contribution is 6.15. The Morgan fingerprint density at radius 1 is 1.03 bits per heavy atom. The molecule has 2 fully saturated rings. The molecule has 4 amide bonds. The van der Waals surface area contributed by atoms with E-state index in [9.17, 15) is 28.0 Å². The van der Waals surface area contributed by atoms with E-state index in [1.165, 1.54) is 36.4 Å². The van der Waals surface area contributed by atoms with Crippen molar-refractivity contribution in [1.82, 2.24) is 10.2 Å². The molecular formula is C22H18F2N4O4. The van der Waals surface area contributed by atoms with E-state index in [4.69, 9.17) is 5.73 Å². The number of primary amides is 1. The predicted molar refractivity (Wildman–Crippen MR) is 106 cm³/mol. The lowest BCUT2D eigenvalue weighted by atomic mass is 9.76. The third-order valence-corrected chi connectivity index (χ3v) is 6.44. The summed E-state index contributed by atoms with van der Waals surface area (Å²) in [5.41, 5.74) is 4.69. The maximum absolute atomic E-state index is 14.1. The Labute approximate surface area is 180 Å². The van der Waals surface area contributed by atoms with Crippen LogP contribution in [0.4, 0.5) is 14.5 Å². The molecular weight excluding hydrogens is 422 g/mol. The number of hydrogen-bond donors (Lipinski definition) is 3. The molecule has 4 N–H and O–H groups in total. The van der Waals surface area contributed by atoms with Crippen LogP contribution >= 0.6 is 0 Å². The van der Waals surface area contributed by atoms with Crippen LogP contribution in [-0.4, -0.2) is 34.6 Å². The summed E-state index contributed by atoms with van der Waals surface area (Å²) in [6, 6.07) is 8.13. The minimum Gasteiger partial charge on any atom is -0.370 e. The molecule has 3 heterocycles. The van der Waals surface area contributed by atoms with E-state index in [0.717, 1.165) is 11.0 Å². The van der Waals surface area contributed by atoms with Crippen molar-refractivity contribution in [1.29, 1.82) is 0 Å². The van der Waals surface area contributed by atoms with E-state index in [-0.39, 0.29) is 18.5 Å². The van der Waals surface area contributed by atoms with E-state index in [1.807, 2.05) is 0 Å². The summed E-state index contributed by atoms with van der Waals surface area (Å²) in [6.07, 6.45) is -0.287. The second-order valence-corrected chi connectivity index (χ2v) is 8.27. The number of carbonyl (C=O) groups is 4. The number of halogens is 2. The molecule has 164 valence electrons. The molecule has 3 aliphatic rings. The zero-order valence-corrected chi connectivity index (χ0v) is 16.6. The van der Waals surface area contributed by atoms with E-state index in [1.54, 1.807) is 0 Å². The van der Waals surface area contributed by atoms with Gasteiger partial charge in [-0.3, -0.25) is 29.4 Å². The Kier molecular flexibility index (Phi) is 4.38. The van der Waals surface area contributed by atoms with Gasteiger partial charge < -0.3 is 11.1 Å². The van der Waals surface area contributed by atoms with Gasteiger partial charge in [-0.15, -0.1) is 0 Å². The average molecular weight is 440 g/mol. The Bertz CT molecular complexity index is 1180. The molecule has 4 atom stereocenters. The summed E-state index contributed by atoms with van der Waals surface area (Å²) in [6.45, 7) is -0.123. The number of likely N-dealkylation sites (tertiary alicyclic amines) is 1. The van der Waals surface area contributed by atoms with E-state index in [0.29, 0.717) is 11.3 Å². The van der Waals surface area contributed by atoms with Crippen molar-refractivity contribution in [3.05, 3.63) is 65.2 Å². The summed E-state index contributed by atoms with van der Waals surface area (Å²) in [5, 5.41) is 5.63. The van der Waals surface area contributed by atoms with Crippen LogP contribution in [0.15, 0.2) is 42.5 Å². The molecule has 1 spiro atoms. The number of nitrogens with one attached hydrogen (secondary N) is 2. The lowest BCUT2D eigenvalue weighted by molar-refractivity contribution is -0.143. The molecule has 10 heteroatoms. The van der Waals surface area contributed by atoms with Crippen molar-refractivity contribution in [2.24, 2.45) is 17.6 Å². The van der Waals surface area contributed by atoms with Gasteiger partial charge in [0.1, 0.15) is 17.2 Å². The van der Waals surface area contributed by atoms with Gasteiger partial charge >= 0.3 is 0 Å². The second-order valence-electron chi connectivity index (χ2n) is 8.27. The van der Waals surface area contributed by atoms with E-state index in [2.05, 4.69) is 10.6 Å². The number of anilines is 1. The van der Waals surface area contributed by atoms with Crippen LogP contribution in [0.1, 0.15) is 17.5 Å². The number of amides is 4. The van der Waals surface area contributed by atoms with Crippen molar-refractivity contribution in [3.63, 3.8) is 0 Å². The third kappa shape index (κ3) is 2.76. The molecule has 32 heavy (non-hydrogen) atoms. The molecule has 0 aliphatic carbocycles. The van der Waals surface area contributed by atoms with Crippen molar-refractivity contribution in [2.45, 2.75) is 24.5 Å². The average Bonchev–Trinajstić information content (AvgIpc) is 3.30. The molecule has 0 aromatic heterocycles. The van der Waals surface area contributed by atoms with Crippen molar-refractivity contribution >= 4 is 29.3 Å². The van der Waals surface area contributed by atoms with Gasteiger partial charge in [-0.25, -0.2) is 8.78 Å². The smallest absolute Gasteiger partial charge is 0.250 e. The number of hydrogen-bond acceptors (Lipinski definition) is 5. The highest BCUT2D eigenvalue weighted by Gasteiger charge is 2.70. The lowest BCUT2D eigenvalue weighted by Gasteiger charge is -2.29. The maximum atomic E-state index is 14.1. The number of benzene rings is 2. The SMILES string of the molecule is NC(=O)C[C@@H]1N[C@@]2(C(=O)Nc3ccc(F)cc32)[C@@H]2C(=O)N(Cc3ccc(F)cc3)C(=O)[C@H]12. The standard InChI is InChI=1S/C22H18F2N4O4/c23-11-3-1-10(2-4-11)9-28-19(30)17-15(8-16(25)29)27-22(18(17)20(28)31)13-7-12(24)5-6-14(13)26-21(22)32/h1-7,15,17-18,27H,8-9H2,(H2,25,29)(H,26,32)/t15-,17+,18-,22+/m0/s1. The van der Waals surface area contributed by atoms with Crippen LogP contribution in [0.2, 0.25) is 0 Å². The zero-order valence-electron chi connectivity index (χ0n) is 16.6. The number of nitrogens with two attached hydrogens (primary N) is 1. The molecule has 0 bridgehead atoms. The van der Waals surface area contributed by atoms with Gasteiger partial charge in [-0.05, 0) is 35.9 Å². The molecule has 0 saturated carbocycles. The zero-order chi connectivity index (χ0) is 22.8. The highest BCUT2D eigenvalue weighted by Crippen LogP contribution is 2.53. The van der Waals surface area contributed by atoms with Crippen molar-refractivity contribution in [3.8, 4) is 0 Å². The number of carbonyl (C=O) groups excluding carboxylic acids is 4. The summed E-state index contributed by atoms with van der Waals surface area (Å²) in [5.74, 6) is -5.84. The van der Waals surface area contributed by atoms with Gasteiger partial charge in [-0.1, -0.05) is 12.1 Å². The first-order chi connectivity index (χ1) is 15.2. The normalized spacial score (nSPS) is 28.2. The molecule has 5 rings (SSSR count). The van der Waals surface area contributed by atoms with Gasteiger partial charge in [0.2, 0.25) is 23.6 Å². The van der Waals surface area contributed by atoms with Gasteiger partial charge in [0.05, 0.1) is 18.4 Å². The van der Waals surface area contributed by atoms with Crippen molar-refractivity contribution in [2.75, 3.05) is 5.32 Å². The summed E-state index contributed by atoms with van der Waals surface area (Å²) in [4.78, 5) is 52.7. The summed E-state index contributed by atoms with van der Waals surface area (Å²) < 4.78 is 27.4. The fraction of sp³-hybridized carbons (Fsp3) is 0.273. The summed E-state index contributed by atoms with van der Waals surface area (Å²) in [7, 11) is 0. The van der Waals surface area contributed by atoms with Crippen LogP contribution in [0.5, 0.6) is 0 Å². The third-order valence-electron chi connectivity index (χ3n) is 6.44. The highest BCUT2D eigenvalue weighted by atomic mass is 19.1. The lowest BCUT2D eigenvalue weighted by Crippen LogP contribution is -2.53. The maximum Gasteiger partial charge on any atom is 0.250 e. The molecule has 0 unspecified atom stereocenters. The first-order valence-electron chi connectivity index (χ1n) is 9.99. The molecule has 0 radical (unpaired) electrons. The Balaban J connectivity index is 1.60. The first kappa shape index (κ1) is 20.3. The first-order valence-corrected chi connectivity index (χ1v) is 9.99. The monoisotopic (exact) mass is 440 g/mol. The van der Waals surface area contributed by atoms with Gasteiger partial charge in [0.15, 0.2) is 0 Å². The number of nitrogens with zero attached hydrogens (tertiary/aromatic N) is 1. The van der Waals surface area contributed by atoms with E-state index < -0.39 is 58.7 Å². The molecule has 3 aliphatic heterocycles. The van der Waals surface area contributed by atoms with Gasteiger partial charge in [-0.2, -0.15) is 0 Å². The van der Waals surface area contributed by atoms with Crippen LogP contribution in [0.3, 0.4) is 0 Å². The predicted octanol–water partition coefficient (Wildman–Crippen LogP) is 0.761. The fourth-order valence-corrected chi connectivity index (χ4v) is 5.15. The minimum atomic E-state index is -1.72. The Morgan fingerprint density at radius 3 is 2.41 bits per heavy atom. The number of fused-ring (bicyclic) bond motifs is 4. The fourth-order valence-electron chi connectivity index (χ4n) is 5.15. The van der Waals surface area contributed by atoms with Gasteiger partial charge in [0, 0.05) is 23.7 Å². The molecule has 2 aromatic carbocycles. The second kappa shape index (κ2) is 6.92. The largest absolute Gasteiger partial charge is 0.370 e. The van der Waals surface area contributed by atoms with Crippen molar-refractivity contribution < 1.29 is 28.0 Å². The van der Waals surface area contributed by atoms with Crippen LogP contribution < -0.4 is 16.4 Å². The Morgan fingerprint density at radius 2 is 1.72 bits per heavy atom. The van der Waals surface area contributed by atoms with Crippen LogP contribution in [-0.2, 0) is 31.3 Å². The molecule has 8 nitrogen and oxygen atoms in total. The Hall–Kier alpha value is -3.66. The van der Waals surface area contributed by atoms with Gasteiger partial charge in [0.25, 0.3) is 0 Å².